The first-order chi connectivity index (χ1) is 5.12. The highest BCUT2D eigenvalue weighted by Gasteiger charge is 2.43. The van der Waals surface area contributed by atoms with Crippen LogP contribution in [0.2, 0.25) is 0 Å². The highest BCUT2D eigenvalue weighted by molar-refractivity contribution is 8.08. The maximum atomic E-state index is 10.8. The molecular weight excluding hydrogens is 208 g/mol. The van der Waals surface area contributed by atoms with E-state index in [0.29, 0.717) is 0 Å². The van der Waals surface area contributed by atoms with E-state index < -0.39 is 42.1 Å². The van der Waals surface area contributed by atoms with Crippen molar-refractivity contribution in [1.29, 1.82) is 0 Å². The summed E-state index contributed by atoms with van der Waals surface area (Å²) in [5.41, 5.74) is 0. The van der Waals surface area contributed by atoms with Crippen molar-refractivity contribution in [3.63, 3.8) is 0 Å². The second-order valence-electron chi connectivity index (χ2n) is 2.88. The zero-order valence-corrected chi connectivity index (χ0v) is 7.60. The van der Waals surface area contributed by atoms with E-state index in [1.807, 2.05) is 0 Å². The molecule has 2 N–H and O–H groups in total. The van der Waals surface area contributed by atoms with Crippen LogP contribution >= 0.6 is 0 Å². The van der Waals surface area contributed by atoms with Gasteiger partial charge >= 0.3 is 0 Å². The van der Waals surface area contributed by atoms with E-state index in [9.17, 15) is 16.8 Å². The molecule has 0 aromatic rings. The minimum atomic E-state index is -3.89. The highest BCUT2D eigenvalue weighted by Crippen LogP contribution is 2.17. The Morgan fingerprint density at radius 1 is 0.917 bits per heavy atom. The van der Waals surface area contributed by atoms with Crippen LogP contribution in [0, 0.1) is 0 Å². The molecule has 0 aromatic carbocycles. The molecular formula is C4H8O6S2. The Balaban J connectivity index is 3.14. The smallest absolute Gasteiger partial charge is 0.191 e. The van der Waals surface area contributed by atoms with E-state index in [2.05, 4.69) is 0 Å². The van der Waals surface area contributed by atoms with Gasteiger partial charge in [0, 0.05) is 0 Å². The minimum absolute atomic E-state index is 0.917. The lowest BCUT2D eigenvalue weighted by molar-refractivity contribution is -0.121. The third kappa shape index (κ3) is 2.41. The van der Waals surface area contributed by atoms with Crippen molar-refractivity contribution in [3.8, 4) is 0 Å². The van der Waals surface area contributed by atoms with Crippen LogP contribution in [0.1, 0.15) is 0 Å². The summed E-state index contributed by atoms with van der Waals surface area (Å²) in [4.78, 5) is 0. The molecule has 0 aliphatic carbocycles. The molecule has 12 heavy (non-hydrogen) atoms. The topological polar surface area (TPSA) is 109 Å². The third-order valence-electron chi connectivity index (χ3n) is 1.26. The van der Waals surface area contributed by atoms with E-state index in [1.54, 1.807) is 0 Å². The molecule has 1 rings (SSSR count). The fraction of sp³-hybridized carbons (Fsp3) is 1.00. The molecule has 1 saturated heterocycles. The standard InChI is InChI=1S/C4H8O6S2/c5-4(6)1-11(7,8)3-12(9,10)2-4/h5-6H,1-3H2. The van der Waals surface area contributed by atoms with Crippen molar-refractivity contribution in [1.82, 2.24) is 0 Å². The molecule has 0 amide bonds. The predicted octanol–water partition coefficient (Wildman–Crippen LogP) is -2.53. The van der Waals surface area contributed by atoms with Crippen molar-refractivity contribution in [2.24, 2.45) is 0 Å². The van der Waals surface area contributed by atoms with Crippen molar-refractivity contribution < 1.29 is 27.0 Å². The summed E-state index contributed by atoms with van der Waals surface area (Å²) in [5.74, 6) is -4.46. The molecule has 1 heterocycles. The van der Waals surface area contributed by atoms with Gasteiger partial charge in [-0.1, -0.05) is 0 Å². The number of aliphatic hydroxyl groups is 2. The monoisotopic (exact) mass is 216 g/mol. The maximum Gasteiger partial charge on any atom is 0.191 e. The van der Waals surface area contributed by atoms with E-state index in [0.717, 1.165) is 0 Å². The van der Waals surface area contributed by atoms with Gasteiger partial charge in [0.1, 0.15) is 11.5 Å². The SMILES string of the molecule is O=S1(=O)CC(O)(O)CS(=O)(=O)C1. The first-order valence-electron chi connectivity index (χ1n) is 2.98. The van der Waals surface area contributed by atoms with Crippen LogP contribution in [0.5, 0.6) is 0 Å². The average Bonchev–Trinajstić information content (AvgIpc) is 1.44. The van der Waals surface area contributed by atoms with Crippen LogP contribution in [-0.2, 0) is 19.7 Å². The first kappa shape index (κ1) is 9.90. The molecule has 0 atom stereocenters. The number of sulfone groups is 2. The Morgan fingerprint density at radius 3 is 1.50 bits per heavy atom. The van der Waals surface area contributed by atoms with Crippen molar-refractivity contribution >= 4 is 19.7 Å². The lowest BCUT2D eigenvalue weighted by Crippen LogP contribution is -2.50. The van der Waals surface area contributed by atoms with Gasteiger partial charge in [-0.2, -0.15) is 0 Å². The van der Waals surface area contributed by atoms with Crippen molar-refractivity contribution in [2.75, 3.05) is 16.6 Å². The van der Waals surface area contributed by atoms with Crippen molar-refractivity contribution in [3.05, 3.63) is 0 Å². The number of rotatable bonds is 0. The van der Waals surface area contributed by atoms with Gasteiger partial charge in [-0.25, -0.2) is 16.8 Å². The largest absolute Gasteiger partial charge is 0.364 e. The molecule has 72 valence electrons. The van der Waals surface area contributed by atoms with Gasteiger partial charge in [-0.15, -0.1) is 0 Å². The van der Waals surface area contributed by atoms with Crippen LogP contribution in [0.15, 0.2) is 0 Å². The minimum Gasteiger partial charge on any atom is -0.364 e. The van der Waals surface area contributed by atoms with Crippen LogP contribution in [0.25, 0.3) is 0 Å². The Bertz CT molecular complexity index is 338. The second kappa shape index (κ2) is 2.41. The lowest BCUT2D eigenvalue weighted by Gasteiger charge is -2.25. The molecule has 6 nitrogen and oxygen atoms in total. The van der Waals surface area contributed by atoms with Gasteiger partial charge in [0.05, 0.1) is 0 Å². The van der Waals surface area contributed by atoms with Gasteiger partial charge < -0.3 is 10.2 Å². The van der Waals surface area contributed by atoms with Crippen LogP contribution in [0.4, 0.5) is 0 Å². The van der Waals surface area contributed by atoms with Gasteiger partial charge in [0.25, 0.3) is 0 Å². The molecule has 0 radical (unpaired) electrons. The van der Waals surface area contributed by atoms with Crippen LogP contribution in [-0.4, -0.2) is 49.4 Å². The molecule has 0 spiro atoms. The number of hydrogen-bond donors (Lipinski definition) is 2. The van der Waals surface area contributed by atoms with E-state index in [1.165, 1.54) is 0 Å². The van der Waals surface area contributed by atoms with Crippen molar-refractivity contribution in [2.45, 2.75) is 5.79 Å². The molecule has 8 heteroatoms. The average molecular weight is 216 g/mol. The summed E-state index contributed by atoms with van der Waals surface area (Å²) in [7, 11) is -7.77. The molecule has 0 saturated carbocycles. The number of hydrogen-bond acceptors (Lipinski definition) is 6. The summed E-state index contributed by atoms with van der Waals surface area (Å²) in [6, 6.07) is 0. The van der Waals surface area contributed by atoms with Gasteiger partial charge in [-0.05, 0) is 0 Å². The lowest BCUT2D eigenvalue weighted by atomic mass is 10.4. The van der Waals surface area contributed by atoms with E-state index >= 15 is 0 Å². The maximum absolute atomic E-state index is 10.8. The van der Waals surface area contributed by atoms with E-state index in [-0.39, 0.29) is 0 Å². The summed E-state index contributed by atoms with van der Waals surface area (Å²) >= 11 is 0. The summed E-state index contributed by atoms with van der Waals surface area (Å²) in [5, 5.41) is 16.7. The first-order valence-corrected chi connectivity index (χ1v) is 6.62. The summed E-state index contributed by atoms with van der Waals surface area (Å²) in [6.07, 6.45) is 0. The van der Waals surface area contributed by atoms with Gasteiger partial charge in [-0.3, -0.25) is 0 Å². The predicted molar refractivity (Wildman–Crippen MR) is 39.6 cm³/mol. The third-order valence-corrected chi connectivity index (χ3v) is 5.94. The normalized spacial score (nSPS) is 31.2. The fourth-order valence-electron chi connectivity index (χ4n) is 1.10. The quantitative estimate of drug-likeness (QED) is 0.432. The summed E-state index contributed by atoms with van der Waals surface area (Å²) in [6.45, 7) is 0. The molecule has 0 aromatic heterocycles. The van der Waals surface area contributed by atoms with Crippen LogP contribution in [0.3, 0.4) is 0 Å². The second-order valence-corrected chi connectivity index (χ2v) is 7.37. The molecule has 1 aliphatic rings. The zero-order chi connectivity index (χ0) is 9.62. The van der Waals surface area contributed by atoms with E-state index in [4.69, 9.17) is 10.2 Å². The molecule has 0 bridgehead atoms. The molecule has 1 fully saturated rings. The zero-order valence-electron chi connectivity index (χ0n) is 5.97. The molecule has 0 unspecified atom stereocenters. The Kier molecular flexibility index (Phi) is 1.99. The summed E-state index contributed by atoms with van der Waals surface area (Å²) < 4.78 is 43.1. The Labute approximate surface area is 69.7 Å². The highest BCUT2D eigenvalue weighted by atomic mass is 32.3. The van der Waals surface area contributed by atoms with Gasteiger partial charge in [0.2, 0.25) is 0 Å². The fourth-order valence-corrected chi connectivity index (χ4v) is 5.70. The Hall–Kier alpha value is -0.180. The van der Waals surface area contributed by atoms with Gasteiger partial charge in [0.15, 0.2) is 30.5 Å². The van der Waals surface area contributed by atoms with Crippen LogP contribution < -0.4 is 0 Å². The molecule has 1 aliphatic heterocycles. The Morgan fingerprint density at radius 2 is 1.25 bits per heavy atom.